The molecule has 1 saturated heterocycles. The number of likely N-dealkylation sites (tertiary alicyclic amines) is 1. The van der Waals surface area contributed by atoms with Crippen LogP contribution in [-0.4, -0.2) is 60.1 Å². The first kappa shape index (κ1) is 24.5. The average Bonchev–Trinajstić information content (AvgIpc) is 3.04. The number of anilines is 1. The summed E-state index contributed by atoms with van der Waals surface area (Å²) in [6.07, 6.45) is 5.39. The van der Waals surface area contributed by atoms with Crippen molar-refractivity contribution in [3.8, 4) is 5.75 Å². The molecule has 2 aromatic rings. The molecule has 0 bridgehead atoms. The van der Waals surface area contributed by atoms with Gasteiger partial charge in [-0.25, -0.2) is 16.8 Å². The summed E-state index contributed by atoms with van der Waals surface area (Å²) < 4.78 is 56.9. The highest BCUT2D eigenvalue weighted by molar-refractivity contribution is 7.91. The third-order valence-corrected chi connectivity index (χ3v) is 8.34. The van der Waals surface area contributed by atoms with E-state index in [0.717, 1.165) is 37.7 Å². The van der Waals surface area contributed by atoms with Crippen LogP contribution >= 0.6 is 0 Å². The third-order valence-electron chi connectivity index (χ3n) is 5.89. The minimum Gasteiger partial charge on any atom is -0.494 e. The Hall–Kier alpha value is -2.63. The van der Waals surface area contributed by atoms with Gasteiger partial charge in [-0.1, -0.05) is 18.6 Å². The van der Waals surface area contributed by atoms with Crippen LogP contribution in [0.3, 0.4) is 0 Å². The number of hydrogen-bond donors (Lipinski definition) is 2. The number of piperidine rings is 1. The molecule has 2 heterocycles. The average molecular weight is 507 g/mol. The van der Waals surface area contributed by atoms with Crippen molar-refractivity contribution in [2.75, 3.05) is 38.2 Å². The number of amidine groups is 1. The van der Waals surface area contributed by atoms with Gasteiger partial charge in [0.1, 0.15) is 16.5 Å². The summed E-state index contributed by atoms with van der Waals surface area (Å²) in [6.45, 7) is 3.94. The van der Waals surface area contributed by atoms with E-state index in [-0.39, 0.29) is 26.9 Å². The number of aliphatic imine (C=N–C) groups is 1. The first-order valence-electron chi connectivity index (χ1n) is 11.3. The molecule has 184 valence electrons. The van der Waals surface area contributed by atoms with E-state index >= 15 is 0 Å². The van der Waals surface area contributed by atoms with Crippen molar-refractivity contribution in [1.29, 1.82) is 0 Å². The minimum atomic E-state index is -3.92. The summed E-state index contributed by atoms with van der Waals surface area (Å²) in [4.78, 5) is 6.49. The van der Waals surface area contributed by atoms with Gasteiger partial charge in [0.25, 0.3) is 10.0 Å². The zero-order valence-electron chi connectivity index (χ0n) is 19.2. The molecule has 0 radical (unpaired) electrons. The van der Waals surface area contributed by atoms with Crippen LogP contribution in [0.2, 0.25) is 0 Å². The molecule has 0 spiro atoms. The Morgan fingerprint density at radius 2 is 1.91 bits per heavy atom. The first-order chi connectivity index (χ1) is 16.1. The molecule has 0 atom stereocenters. The lowest BCUT2D eigenvalue weighted by Crippen LogP contribution is -2.29. The predicted octanol–water partition coefficient (Wildman–Crippen LogP) is 2.17. The molecule has 3 N–H and O–H groups in total. The fourth-order valence-electron chi connectivity index (χ4n) is 4.19. The highest BCUT2D eigenvalue weighted by Crippen LogP contribution is 2.31. The Bertz CT molecular complexity index is 1300. The molecule has 11 heteroatoms. The molecule has 4 rings (SSSR count). The number of nitrogens with one attached hydrogen (secondary N) is 1. The van der Waals surface area contributed by atoms with Crippen molar-refractivity contribution in [2.45, 2.75) is 42.0 Å². The van der Waals surface area contributed by atoms with E-state index in [2.05, 4.69) is 26.7 Å². The summed E-state index contributed by atoms with van der Waals surface area (Å²) in [5, 5.41) is 0. The first-order valence-corrected chi connectivity index (χ1v) is 14.7. The van der Waals surface area contributed by atoms with E-state index in [1.165, 1.54) is 30.9 Å². The van der Waals surface area contributed by atoms with Gasteiger partial charge >= 0.3 is 0 Å². The lowest BCUT2D eigenvalue weighted by molar-refractivity contribution is 0.220. The highest BCUT2D eigenvalue weighted by atomic mass is 32.2. The van der Waals surface area contributed by atoms with Crippen LogP contribution in [-0.2, 0) is 26.4 Å². The van der Waals surface area contributed by atoms with Gasteiger partial charge in [0.2, 0.25) is 0 Å². The molecule has 2 aliphatic rings. The van der Waals surface area contributed by atoms with Crippen molar-refractivity contribution >= 4 is 31.4 Å². The largest absolute Gasteiger partial charge is 0.494 e. The van der Waals surface area contributed by atoms with Gasteiger partial charge in [-0.05, 0) is 55.8 Å². The zero-order valence-corrected chi connectivity index (χ0v) is 20.8. The van der Waals surface area contributed by atoms with Gasteiger partial charge in [0.05, 0.1) is 17.1 Å². The molecule has 0 unspecified atom stereocenters. The number of nitrogens with two attached hydrogens (primary N) is 1. The summed E-state index contributed by atoms with van der Waals surface area (Å²) in [6, 6.07) is 10.5. The smallest absolute Gasteiger partial charge is 0.263 e. The number of fused-ring (bicyclic) bond motifs is 1. The molecular weight excluding hydrogens is 476 g/mol. The van der Waals surface area contributed by atoms with E-state index < -0.39 is 19.9 Å². The fraction of sp³-hybridized carbons (Fsp3) is 0.435. The molecule has 2 aliphatic heterocycles. The number of rotatable bonds is 8. The Labute approximate surface area is 201 Å². The quantitative estimate of drug-likeness (QED) is 0.414. The molecule has 0 aromatic heterocycles. The number of benzene rings is 2. The third kappa shape index (κ3) is 5.70. The zero-order chi connectivity index (χ0) is 24.3. The van der Waals surface area contributed by atoms with Crippen LogP contribution in [0.4, 0.5) is 5.69 Å². The van der Waals surface area contributed by atoms with Crippen LogP contribution in [0.1, 0.15) is 36.8 Å². The summed E-state index contributed by atoms with van der Waals surface area (Å²) in [5.74, 6) is 0.919. The van der Waals surface area contributed by atoms with Crippen LogP contribution in [0.15, 0.2) is 51.2 Å². The predicted molar refractivity (Wildman–Crippen MR) is 131 cm³/mol. The number of nitrogens with zero attached hydrogens (tertiary/aromatic N) is 2. The van der Waals surface area contributed by atoms with Gasteiger partial charge < -0.3 is 10.5 Å². The van der Waals surface area contributed by atoms with Gasteiger partial charge in [-0.2, -0.15) is 0 Å². The number of hydrogen-bond acceptors (Lipinski definition) is 8. The summed E-state index contributed by atoms with van der Waals surface area (Å²) >= 11 is 0. The van der Waals surface area contributed by atoms with Gasteiger partial charge in [0.15, 0.2) is 9.84 Å². The second-order valence-electron chi connectivity index (χ2n) is 8.68. The molecule has 0 aliphatic carbocycles. The Kier molecular flexibility index (Phi) is 7.15. The fourth-order valence-corrected chi connectivity index (χ4v) is 6.23. The Morgan fingerprint density at radius 3 is 2.65 bits per heavy atom. The second-order valence-corrected chi connectivity index (χ2v) is 12.3. The number of nitrogen functional groups attached to an aromatic ring is 1. The van der Waals surface area contributed by atoms with Gasteiger partial charge in [-0.15, -0.1) is 0 Å². The maximum Gasteiger partial charge on any atom is 0.263 e. The summed E-state index contributed by atoms with van der Waals surface area (Å²) in [7, 11) is -7.53. The normalized spacial score (nSPS) is 19.0. The van der Waals surface area contributed by atoms with E-state index in [9.17, 15) is 16.8 Å². The van der Waals surface area contributed by atoms with Crippen LogP contribution in [0, 0.1) is 0 Å². The molecule has 0 saturated carbocycles. The molecule has 0 amide bonds. The van der Waals surface area contributed by atoms with Crippen molar-refractivity contribution < 1.29 is 21.6 Å². The lowest BCUT2D eigenvalue weighted by atomic mass is 10.1. The van der Waals surface area contributed by atoms with E-state index in [4.69, 9.17) is 10.5 Å². The standard InChI is InChI=1S/C23H30N4O5S2/c1-33(28,29)19-14-20(24)22-21(15-19)34(30,31)26-23(22)25-9-6-12-32-18-8-5-7-17(13-18)16-27-10-3-2-4-11-27/h5,7-8,13-15H,2-4,6,9-12,16,24H2,1H3,(H,25,26). The minimum absolute atomic E-state index is 0.0482. The molecular formula is C23H30N4O5S2. The molecule has 1 fully saturated rings. The maximum atomic E-state index is 12.5. The topological polar surface area (TPSA) is 131 Å². The lowest BCUT2D eigenvalue weighted by Gasteiger charge is -2.26. The monoisotopic (exact) mass is 506 g/mol. The molecule has 9 nitrogen and oxygen atoms in total. The Morgan fingerprint density at radius 1 is 1.15 bits per heavy atom. The van der Waals surface area contributed by atoms with Crippen LogP contribution < -0.4 is 15.2 Å². The second kappa shape index (κ2) is 9.93. The van der Waals surface area contributed by atoms with Crippen molar-refractivity contribution in [3.63, 3.8) is 0 Å². The van der Waals surface area contributed by atoms with Gasteiger partial charge in [0, 0.05) is 31.5 Å². The maximum absolute atomic E-state index is 12.5. The van der Waals surface area contributed by atoms with Crippen molar-refractivity contribution in [2.24, 2.45) is 4.99 Å². The number of ether oxygens (including phenoxy) is 1. The number of sulfonamides is 1. The highest BCUT2D eigenvalue weighted by Gasteiger charge is 2.34. The van der Waals surface area contributed by atoms with E-state index in [1.807, 2.05) is 12.1 Å². The number of sulfone groups is 1. The Balaban J connectivity index is 1.36. The van der Waals surface area contributed by atoms with Gasteiger partial charge in [-0.3, -0.25) is 14.6 Å². The summed E-state index contributed by atoms with van der Waals surface area (Å²) in [5.41, 5.74) is 7.47. The SMILES string of the molecule is CS(=O)(=O)c1cc(N)c2c(c1)S(=O)(=O)NC2=NCCCOc1cccc(CN2CCCCC2)c1. The van der Waals surface area contributed by atoms with E-state index in [1.54, 1.807) is 0 Å². The van der Waals surface area contributed by atoms with Crippen LogP contribution in [0.5, 0.6) is 5.75 Å². The van der Waals surface area contributed by atoms with E-state index in [0.29, 0.717) is 19.6 Å². The van der Waals surface area contributed by atoms with Crippen LogP contribution in [0.25, 0.3) is 0 Å². The molecule has 2 aromatic carbocycles. The van der Waals surface area contributed by atoms with Crippen molar-refractivity contribution in [3.05, 3.63) is 47.5 Å². The van der Waals surface area contributed by atoms with Crippen molar-refractivity contribution in [1.82, 2.24) is 9.62 Å². The molecule has 34 heavy (non-hydrogen) atoms.